The lowest BCUT2D eigenvalue weighted by atomic mass is 9.99. The lowest BCUT2D eigenvalue weighted by Crippen LogP contribution is -2.59. The standard InChI is InChI=1S/C41H74O10/c1-3-5-7-9-11-13-15-16-17-18-20-22-24-26-28-30-37(44)50-34(33-49-41-40(47)39(46)38(45)35(31-42)51-41)32-48-36(43)29-27-25-23-21-19-14-12-10-8-6-4-2/h9-12,34-35,38-42,45-47H,3-8,13-33H2,1-2H3/b11-9+,12-10+/t34-,35-,38+,39?,40?,41-/m1/s1. The van der Waals surface area contributed by atoms with Gasteiger partial charge >= 0.3 is 11.9 Å². The average molecular weight is 727 g/mol. The second-order valence-electron chi connectivity index (χ2n) is 14.1. The van der Waals surface area contributed by atoms with E-state index >= 15 is 0 Å². The second-order valence-corrected chi connectivity index (χ2v) is 14.1. The largest absolute Gasteiger partial charge is 0.462 e. The first-order valence-corrected chi connectivity index (χ1v) is 20.4. The fourth-order valence-corrected chi connectivity index (χ4v) is 5.97. The Morgan fingerprint density at radius 3 is 1.53 bits per heavy atom. The lowest BCUT2D eigenvalue weighted by Gasteiger charge is -2.39. The molecule has 0 bridgehead atoms. The van der Waals surface area contributed by atoms with Crippen molar-refractivity contribution in [2.24, 2.45) is 0 Å². The van der Waals surface area contributed by atoms with Crippen molar-refractivity contribution in [1.82, 2.24) is 0 Å². The Kier molecular flexibility index (Phi) is 30.4. The van der Waals surface area contributed by atoms with E-state index in [4.69, 9.17) is 18.9 Å². The molecule has 0 aliphatic carbocycles. The van der Waals surface area contributed by atoms with Crippen molar-refractivity contribution in [3.63, 3.8) is 0 Å². The van der Waals surface area contributed by atoms with Crippen LogP contribution in [0.5, 0.6) is 0 Å². The van der Waals surface area contributed by atoms with E-state index in [-0.39, 0.29) is 32.0 Å². The third kappa shape index (κ3) is 24.9. The molecule has 6 atom stereocenters. The van der Waals surface area contributed by atoms with Crippen LogP contribution in [0.3, 0.4) is 0 Å². The third-order valence-corrected chi connectivity index (χ3v) is 9.31. The van der Waals surface area contributed by atoms with Gasteiger partial charge in [-0.15, -0.1) is 0 Å². The summed E-state index contributed by atoms with van der Waals surface area (Å²) in [7, 11) is 0. The number of esters is 2. The highest BCUT2D eigenvalue weighted by Gasteiger charge is 2.44. The summed E-state index contributed by atoms with van der Waals surface area (Å²) in [5, 5.41) is 39.9. The van der Waals surface area contributed by atoms with E-state index in [0.29, 0.717) is 12.8 Å². The molecule has 1 aliphatic heterocycles. The lowest BCUT2D eigenvalue weighted by molar-refractivity contribution is -0.305. The number of allylic oxidation sites excluding steroid dienone is 4. The van der Waals surface area contributed by atoms with Gasteiger partial charge in [0.2, 0.25) is 0 Å². The van der Waals surface area contributed by atoms with Crippen LogP contribution >= 0.6 is 0 Å². The predicted octanol–water partition coefficient (Wildman–Crippen LogP) is 7.77. The number of rotatable bonds is 33. The molecule has 51 heavy (non-hydrogen) atoms. The van der Waals surface area contributed by atoms with Crippen molar-refractivity contribution in [3.8, 4) is 0 Å². The number of hydrogen-bond acceptors (Lipinski definition) is 10. The Hall–Kier alpha value is -1.82. The summed E-state index contributed by atoms with van der Waals surface area (Å²) in [6, 6.07) is 0. The van der Waals surface area contributed by atoms with Crippen LogP contribution in [0.2, 0.25) is 0 Å². The molecule has 0 saturated carbocycles. The Morgan fingerprint density at radius 2 is 1.04 bits per heavy atom. The summed E-state index contributed by atoms with van der Waals surface area (Å²) in [4.78, 5) is 25.2. The van der Waals surface area contributed by atoms with Gasteiger partial charge in [0, 0.05) is 12.8 Å². The zero-order valence-electron chi connectivity index (χ0n) is 32.1. The zero-order chi connectivity index (χ0) is 37.4. The zero-order valence-corrected chi connectivity index (χ0v) is 32.1. The molecule has 1 aliphatic rings. The van der Waals surface area contributed by atoms with Gasteiger partial charge in [0.15, 0.2) is 12.4 Å². The number of carbonyl (C=O) groups is 2. The number of carbonyl (C=O) groups excluding carboxylic acids is 2. The van der Waals surface area contributed by atoms with Crippen molar-refractivity contribution in [3.05, 3.63) is 24.3 Å². The maximum absolute atomic E-state index is 12.7. The molecule has 0 aromatic heterocycles. The van der Waals surface area contributed by atoms with E-state index in [9.17, 15) is 30.0 Å². The summed E-state index contributed by atoms with van der Waals surface area (Å²) in [6.45, 7) is 3.33. The minimum atomic E-state index is -1.59. The predicted molar refractivity (Wildman–Crippen MR) is 201 cm³/mol. The molecule has 2 unspecified atom stereocenters. The van der Waals surface area contributed by atoms with Crippen LogP contribution in [0.4, 0.5) is 0 Å². The normalized spacial score (nSPS) is 21.4. The van der Waals surface area contributed by atoms with E-state index in [1.165, 1.54) is 70.6 Å². The fraction of sp³-hybridized carbons (Fsp3) is 0.854. The molecule has 0 spiro atoms. The quantitative estimate of drug-likeness (QED) is 0.0300. The van der Waals surface area contributed by atoms with Gasteiger partial charge in [-0.3, -0.25) is 9.59 Å². The number of unbranched alkanes of at least 4 members (excludes halogenated alkanes) is 18. The van der Waals surface area contributed by atoms with Gasteiger partial charge in [-0.05, 0) is 51.4 Å². The van der Waals surface area contributed by atoms with E-state index < -0.39 is 49.4 Å². The van der Waals surface area contributed by atoms with Gasteiger partial charge in [0.1, 0.15) is 31.0 Å². The summed E-state index contributed by atoms with van der Waals surface area (Å²) < 4.78 is 22.1. The molecular formula is C41H74O10. The molecule has 1 fully saturated rings. The van der Waals surface area contributed by atoms with Crippen LogP contribution in [0.25, 0.3) is 0 Å². The molecule has 0 amide bonds. The maximum Gasteiger partial charge on any atom is 0.306 e. The maximum atomic E-state index is 12.7. The highest BCUT2D eigenvalue weighted by molar-refractivity contribution is 5.70. The van der Waals surface area contributed by atoms with Crippen LogP contribution in [0, 0.1) is 0 Å². The van der Waals surface area contributed by atoms with E-state index in [1.54, 1.807) is 0 Å². The van der Waals surface area contributed by atoms with Crippen LogP contribution in [-0.2, 0) is 28.5 Å². The van der Waals surface area contributed by atoms with Gasteiger partial charge in [-0.1, -0.05) is 128 Å². The van der Waals surface area contributed by atoms with Crippen molar-refractivity contribution >= 4 is 11.9 Å². The molecule has 10 heteroatoms. The monoisotopic (exact) mass is 727 g/mol. The van der Waals surface area contributed by atoms with E-state index in [2.05, 4.69) is 38.2 Å². The van der Waals surface area contributed by atoms with E-state index in [0.717, 1.165) is 57.8 Å². The topological polar surface area (TPSA) is 152 Å². The molecule has 1 rings (SSSR count). The van der Waals surface area contributed by atoms with E-state index in [1.807, 2.05) is 0 Å². The molecule has 1 saturated heterocycles. The number of hydrogen-bond donors (Lipinski definition) is 4. The first kappa shape index (κ1) is 47.2. The van der Waals surface area contributed by atoms with Crippen molar-refractivity contribution in [1.29, 1.82) is 0 Å². The average Bonchev–Trinajstić information content (AvgIpc) is 3.13. The Morgan fingerprint density at radius 1 is 0.588 bits per heavy atom. The SMILES string of the molecule is CCCC/C=C/CCCCCCCCCCCC(=O)O[C@H](COC(=O)CCCCCCC/C=C/CCCC)CO[C@@H]1O[C@H](CO)[C@H](O)C(O)C1O. The van der Waals surface area contributed by atoms with Gasteiger partial charge in [0.05, 0.1) is 13.2 Å². The molecular weight excluding hydrogens is 652 g/mol. The van der Waals surface area contributed by atoms with Crippen LogP contribution in [0.15, 0.2) is 24.3 Å². The minimum absolute atomic E-state index is 0.221. The van der Waals surface area contributed by atoms with Crippen molar-refractivity contribution in [2.45, 2.75) is 205 Å². The third-order valence-electron chi connectivity index (χ3n) is 9.31. The van der Waals surface area contributed by atoms with Gasteiger partial charge in [-0.2, -0.15) is 0 Å². The summed E-state index contributed by atoms with van der Waals surface area (Å²) >= 11 is 0. The number of aliphatic hydroxyl groups is 4. The van der Waals surface area contributed by atoms with Gasteiger partial charge in [0.25, 0.3) is 0 Å². The molecule has 0 aromatic carbocycles. The van der Waals surface area contributed by atoms with Crippen molar-refractivity contribution < 1.29 is 49.0 Å². The Bertz CT molecular complexity index is 892. The number of aliphatic hydroxyl groups excluding tert-OH is 4. The molecule has 0 radical (unpaired) electrons. The van der Waals surface area contributed by atoms with Crippen molar-refractivity contribution in [2.75, 3.05) is 19.8 Å². The smallest absolute Gasteiger partial charge is 0.306 e. The second kappa shape index (κ2) is 32.8. The molecule has 4 N–H and O–H groups in total. The minimum Gasteiger partial charge on any atom is -0.462 e. The molecule has 10 nitrogen and oxygen atoms in total. The summed E-state index contributed by atoms with van der Waals surface area (Å²) in [5.41, 5.74) is 0. The van der Waals surface area contributed by atoms with Crippen LogP contribution < -0.4 is 0 Å². The molecule has 298 valence electrons. The first-order chi connectivity index (χ1) is 24.8. The summed E-state index contributed by atoms with van der Waals surface area (Å²) in [5.74, 6) is -0.820. The Balaban J connectivity index is 2.37. The molecule has 0 aromatic rings. The Labute approximate surface area is 309 Å². The van der Waals surface area contributed by atoms with Gasteiger partial charge < -0.3 is 39.4 Å². The van der Waals surface area contributed by atoms with Crippen LogP contribution in [-0.4, -0.2) is 89.0 Å². The summed E-state index contributed by atoms with van der Waals surface area (Å²) in [6.07, 6.45) is 26.1. The van der Waals surface area contributed by atoms with Gasteiger partial charge in [-0.25, -0.2) is 0 Å². The molecule has 1 heterocycles. The highest BCUT2D eigenvalue weighted by atomic mass is 16.7. The highest BCUT2D eigenvalue weighted by Crippen LogP contribution is 2.22. The number of ether oxygens (including phenoxy) is 4. The first-order valence-electron chi connectivity index (χ1n) is 20.4. The fourth-order valence-electron chi connectivity index (χ4n) is 5.97. The van der Waals surface area contributed by atoms with Crippen LogP contribution in [0.1, 0.15) is 168 Å².